The SMILES string of the molecule is COC(=O)c1c(-c2ccc(F)cc2)csc1NC(=O)c1cc(-c2ccc(OC)c(OC)c2)nc2ccccc12. The average Bonchev–Trinajstić information content (AvgIpc) is 3.39. The second kappa shape index (κ2) is 10.9. The number of hydrogen-bond donors (Lipinski definition) is 1. The molecule has 0 atom stereocenters. The molecule has 2 aromatic heterocycles. The number of rotatable bonds is 7. The van der Waals surface area contributed by atoms with Crippen molar-refractivity contribution in [3.05, 3.63) is 95.1 Å². The van der Waals surface area contributed by atoms with Crippen LogP contribution in [0, 0.1) is 5.82 Å². The molecule has 196 valence electrons. The maximum Gasteiger partial charge on any atom is 0.341 e. The Morgan fingerprint density at radius 3 is 2.31 bits per heavy atom. The largest absolute Gasteiger partial charge is 0.493 e. The fraction of sp³-hybridized carbons (Fsp3) is 0.100. The Bertz CT molecular complexity index is 1700. The van der Waals surface area contributed by atoms with Gasteiger partial charge in [-0.15, -0.1) is 11.3 Å². The van der Waals surface area contributed by atoms with Crippen molar-refractivity contribution in [2.24, 2.45) is 0 Å². The number of para-hydroxylation sites is 1. The normalized spacial score (nSPS) is 10.8. The van der Waals surface area contributed by atoms with Gasteiger partial charge in [-0.25, -0.2) is 14.2 Å². The first-order valence-corrected chi connectivity index (χ1v) is 12.7. The molecule has 0 aliphatic carbocycles. The highest BCUT2D eigenvalue weighted by atomic mass is 32.1. The molecule has 0 saturated heterocycles. The first-order valence-electron chi connectivity index (χ1n) is 11.8. The van der Waals surface area contributed by atoms with Gasteiger partial charge in [-0.3, -0.25) is 4.79 Å². The third-order valence-corrected chi connectivity index (χ3v) is 7.10. The smallest absolute Gasteiger partial charge is 0.341 e. The Morgan fingerprint density at radius 1 is 0.872 bits per heavy atom. The van der Waals surface area contributed by atoms with E-state index in [0.717, 1.165) is 5.56 Å². The number of carbonyl (C=O) groups excluding carboxylic acids is 2. The topological polar surface area (TPSA) is 86.8 Å². The Balaban J connectivity index is 1.58. The fourth-order valence-corrected chi connectivity index (χ4v) is 5.23. The van der Waals surface area contributed by atoms with Crippen LogP contribution in [0.25, 0.3) is 33.3 Å². The van der Waals surface area contributed by atoms with Crippen molar-refractivity contribution in [1.29, 1.82) is 0 Å². The Morgan fingerprint density at radius 2 is 1.59 bits per heavy atom. The molecule has 1 N–H and O–H groups in total. The van der Waals surface area contributed by atoms with E-state index < -0.39 is 17.7 Å². The van der Waals surface area contributed by atoms with Crippen molar-refractivity contribution < 1.29 is 28.2 Å². The van der Waals surface area contributed by atoms with Crippen LogP contribution < -0.4 is 14.8 Å². The van der Waals surface area contributed by atoms with E-state index in [1.54, 1.807) is 49.9 Å². The van der Waals surface area contributed by atoms with Gasteiger partial charge in [0, 0.05) is 21.9 Å². The number of amides is 1. The zero-order valence-corrected chi connectivity index (χ0v) is 22.1. The number of pyridine rings is 1. The summed E-state index contributed by atoms with van der Waals surface area (Å²) in [6.45, 7) is 0. The van der Waals surface area contributed by atoms with Gasteiger partial charge in [-0.1, -0.05) is 30.3 Å². The highest BCUT2D eigenvalue weighted by Gasteiger charge is 2.24. The quantitative estimate of drug-likeness (QED) is 0.227. The van der Waals surface area contributed by atoms with Crippen LogP contribution in [0.3, 0.4) is 0 Å². The molecule has 0 aliphatic rings. The van der Waals surface area contributed by atoms with Gasteiger partial charge in [-0.2, -0.15) is 0 Å². The number of fused-ring (bicyclic) bond motifs is 1. The average molecular weight is 543 g/mol. The highest BCUT2D eigenvalue weighted by Crippen LogP contribution is 2.37. The predicted octanol–water partition coefficient (Wildman–Crippen LogP) is 6.83. The van der Waals surface area contributed by atoms with E-state index in [1.807, 2.05) is 30.3 Å². The lowest BCUT2D eigenvalue weighted by Crippen LogP contribution is -2.15. The molecule has 39 heavy (non-hydrogen) atoms. The van der Waals surface area contributed by atoms with E-state index in [-0.39, 0.29) is 5.56 Å². The number of carbonyl (C=O) groups is 2. The third-order valence-electron chi connectivity index (χ3n) is 6.20. The van der Waals surface area contributed by atoms with Crippen LogP contribution in [-0.2, 0) is 4.74 Å². The number of methoxy groups -OCH3 is 3. The van der Waals surface area contributed by atoms with Crippen LogP contribution in [-0.4, -0.2) is 38.2 Å². The maximum atomic E-state index is 13.7. The summed E-state index contributed by atoms with van der Waals surface area (Å²) in [6.07, 6.45) is 0. The first-order chi connectivity index (χ1) is 18.9. The Labute approximate surface area is 227 Å². The summed E-state index contributed by atoms with van der Waals surface area (Å²) in [7, 11) is 4.38. The fourth-order valence-electron chi connectivity index (χ4n) is 4.27. The van der Waals surface area contributed by atoms with Crippen LogP contribution in [0.5, 0.6) is 11.5 Å². The number of benzene rings is 3. The second-order valence-corrected chi connectivity index (χ2v) is 9.33. The molecule has 2 heterocycles. The minimum absolute atomic E-state index is 0.195. The summed E-state index contributed by atoms with van der Waals surface area (Å²) >= 11 is 1.18. The van der Waals surface area contributed by atoms with Crippen molar-refractivity contribution in [2.75, 3.05) is 26.6 Å². The van der Waals surface area contributed by atoms with E-state index in [4.69, 9.17) is 19.2 Å². The van der Waals surface area contributed by atoms with Gasteiger partial charge in [-0.05, 0) is 48.0 Å². The van der Waals surface area contributed by atoms with Crippen molar-refractivity contribution in [3.8, 4) is 33.9 Å². The summed E-state index contributed by atoms with van der Waals surface area (Å²) < 4.78 is 29.3. The van der Waals surface area contributed by atoms with E-state index in [9.17, 15) is 14.0 Å². The summed E-state index contributed by atoms with van der Waals surface area (Å²) in [5.74, 6) is -0.322. The van der Waals surface area contributed by atoms with Crippen LogP contribution >= 0.6 is 11.3 Å². The van der Waals surface area contributed by atoms with Crippen molar-refractivity contribution >= 4 is 39.1 Å². The number of thiophene rings is 1. The molecule has 5 rings (SSSR count). The molecule has 0 aliphatic heterocycles. The molecule has 0 bridgehead atoms. The van der Waals surface area contributed by atoms with Gasteiger partial charge in [0.1, 0.15) is 16.4 Å². The van der Waals surface area contributed by atoms with Crippen molar-refractivity contribution in [1.82, 2.24) is 4.98 Å². The number of nitrogens with zero attached hydrogens (tertiary/aromatic N) is 1. The summed E-state index contributed by atoms with van der Waals surface area (Å²) in [5.41, 5.74) is 3.65. The van der Waals surface area contributed by atoms with E-state index in [0.29, 0.717) is 49.8 Å². The molecule has 0 radical (unpaired) electrons. The van der Waals surface area contributed by atoms with Crippen molar-refractivity contribution in [3.63, 3.8) is 0 Å². The minimum Gasteiger partial charge on any atom is -0.493 e. The molecular formula is C30H23FN2O5S. The zero-order chi connectivity index (χ0) is 27.5. The number of esters is 1. The number of ether oxygens (including phenoxy) is 3. The monoisotopic (exact) mass is 542 g/mol. The molecular weight excluding hydrogens is 519 g/mol. The molecule has 1 amide bonds. The molecule has 0 saturated carbocycles. The van der Waals surface area contributed by atoms with E-state index in [2.05, 4.69) is 5.32 Å². The predicted molar refractivity (Wildman–Crippen MR) is 149 cm³/mol. The minimum atomic E-state index is -0.614. The second-order valence-electron chi connectivity index (χ2n) is 8.45. The summed E-state index contributed by atoms with van der Waals surface area (Å²) in [6, 6.07) is 20.2. The number of hydrogen-bond acceptors (Lipinski definition) is 7. The molecule has 3 aromatic carbocycles. The van der Waals surface area contributed by atoms with Crippen LogP contribution in [0.4, 0.5) is 9.39 Å². The maximum absolute atomic E-state index is 13.7. The van der Waals surface area contributed by atoms with Crippen LogP contribution in [0.2, 0.25) is 0 Å². The lowest BCUT2D eigenvalue weighted by atomic mass is 10.0. The molecule has 7 nitrogen and oxygen atoms in total. The Hall–Kier alpha value is -4.76. The van der Waals surface area contributed by atoms with Gasteiger partial charge in [0.2, 0.25) is 0 Å². The third kappa shape index (κ3) is 5.04. The van der Waals surface area contributed by atoms with Gasteiger partial charge < -0.3 is 19.5 Å². The molecule has 0 spiro atoms. The van der Waals surface area contributed by atoms with E-state index in [1.165, 1.54) is 30.6 Å². The van der Waals surface area contributed by atoms with Gasteiger partial charge >= 0.3 is 5.97 Å². The number of halogens is 1. The van der Waals surface area contributed by atoms with Gasteiger partial charge in [0.05, 0.1) is 38.1 Å². The number of anilines is 1. The van der Waals surface area contributed by atoms with Gasteiger partial charge in [0.25, 0.3) is 5.91 Å². The van der Waals surface area contributed by atoms with Crippen LogP contribution in [0.1, 0.15) is 20.7 Å². The lowest BCUT2D eigenvalue weighted by molar-refractivity contribution is 0.0603. The first kappa shape index (κ1) is 25.9. The molecule has 5 aromatic rings. The standard InChI is InChI=1S/C30H23FN2O5S/c1-36-25-13-10-18(14-26(25)37-2)24-15-21(20-6-4-5-7-23(20)32-24)28(34)33-29-27(30(35)38-3)22(16-39-29)17-8-11-19(31)12-9-17/h4-16H,1-3H3,(H,33,34). The number of aromatic nitrogens is 1. The molecule has 9 heteroatoms. The van der Waals surface area contributed by atoms with E-state index >= 15 is 0 Å². The van der Waals surface area contributed by atoms with Gasteiger partial charge in [0.15, 0.2) is 11.5 Å². The van der Waals surface area contributed by atoms with Crippen molar-refractivity contribution in [2.45, 2.75) is 0 Å². The Kier molecular flexibility index (Phi) is 7.25. The van der Waals surface area contributed by atoms with Crippen LogP contribution in [0.15, 0.2) is 78.2 Å². The molecule has 0 fully saturated rings. The summed E-state index contributed by atoms with van der Waals surface area (Å²) in [4.78, 5) is 31.2. The molecule has 0 unspecified atom stereocenters. The highest BCUT2D eigenvalue weighted by molar-refractivity contribution is 7.15. The lowest BCUT2D eigenvalue weighted by Gasteiger charge is -2.13. The summed E-state index contributed by atoms with van der Waals surface area (Å²) in [5, 5.41) is 5.58. The number of nitrogens with one attached hydrogen (secondary N) is 1. The zero-order valence-electron chi connectivity index (χ0n) is 21.3.